The molecule has 11 nitrogen and oxygen atoms in total. The zero-order valence-electron chi connectivity index (χ0n) is 31.4. The molecule has 0 radical (unpaired) electrons. The van der Waals surface area contributed by atoms with Crippen LogP contribution in [-0.2, 0) is 24.4 Å². The summed E-state index contributed by atoms with van der Waals surface area (Å²) >= 11 is 14.0. The van der Waals surface area contributed by atoms with Gasteiger partial charge in [-0.15, -0.1) is 0 Å². The molecule has 1 unspecified atom stereocenters. The first-order valence-corrected chi connectivity index (χ1v) is 20.2. The Morgan fingerprint density at radius 3 is 2.58 bits per heavy atom. The molecule has 57 heavy (non-hydrogen) atoms. The summed E-state index contributed by atoms with van der Waals surface area (Å²) in [5.41, 5.74) is 5.09. The number of alkyl halides is 1. The number of urea groups is 1. The molecule has 1 aromatic heterocycles. The fraction of sp³-hybridized carbons (Fsp3) is 0.395. The second-order valence-electron chi connectivity index (χ2n) is 15.2. The molecule has 296 valence electrons. The molecule has 1 aliphatic carbocycles. The molecule has 3 saturated heterocycles. The van der Waals surface area contributed by atoms with Crippen LogP contribution in [0, 0.1) is 11.3 Å². The minimum absolute atomic E-state index is 0.150. The Labute approximate surface area is 341 Å². The van der Waals surface area contributed by atoms with Gasteiger partial charge in [-0.1, -0.05) is 53.5 Å². The molecule has 0 saturated carbocycles. The average molecular weight is 814 g/mol. The standard InChI is InChI=1S/C43H43Cl2FN6O5/c44-35-19-29(24-52-16-12-43(26-52)41(53)49-42(54)50-43)38(56-25-28-18-27(21-47)22-48-23-28)20-39(35)57-36-9-8-32-31(4-1-5-33(32)36)34-6-2-7-37(40(34)45)55-17-3-13-51-14-10-30(46)11-15-51/h1-2,4-7,18-20,22-23,30,36H,3,8-17,24-26H2,(H2,49,50,53,54)/t36-,43?/m0/s1. The van der Waals surface area contributed by atoms with Crippen LogP contribution in [0.25, 0.3) is 11.1 Å². The quantitative estimate of drug-likeness (QED) is 0.104. The number of pyridine rings is 1. The van der Waals surface area contributed by atoms with Crippen LogP contribution >= 0.6 is 23.2 Å². The number of imide groups is 1. The van der Waals surface area contributed by atoms with Crippen molar-refractivity contribution < 1.29 is 28.2 Å². The van der Waals surface area contributed by atoms with Crippen molar-refractivity contribution in [1.29, 1.82) is 5.26 Å². The molecule has 3 aliphatic heterocycles. The van der Waals surface area contributed by atoms with Crippen LogP contribution in [0.4, 0.5) is 9.18 Å². The van der Waals surface area contributed by atoms with Crippen LogP contribution < -0.4 is 24.8 Å². The van der Waals surface area contributed by atoms with Gasteiger partial charge in [-0.2, -0.15) is 5.26 Å². The lowest BCUT2D eigenvalue weighted by molar-refractivity contribution is -0.123. The van der Waals surface area contributed by atoms with E-state index >= 15 is 0 Å². The van der Waals surface area contributed by atoms with Crippen molar-refractivity contribution in [3.05, 3.63) is 105 Å². The molecule has 14 heteroatoms. The van der Waals surface area contributed by atoms with Gasteiger partial charge in [0.1, 0.15) is 47.7 Å². The number of fused-ring (bicyclic) bond motifs is 1. The highest BCUT2D eigenvalue weighted by molar-refractivity contribution is 6.35. The van der Waals surface area contributed by atoms with E-state index in [1.165, 1.54) is 6.20 Å². The maximum atomic E-state index is 13.5. The van der Waals surface area contributed by atoms with E-state index in [0.29, 0.717) is 78.4 Å². The number of aromatic nitrogens is 1. The number of nitrogens with zero attached hydrogens (tertiary/aromatic N) is 4. The van der Waals surface area contributed by atoms with Crippen LogP contribution in [-0.4, -0.2) is 77.8 Å². The fourth-order valence-corrected chi connectivity index (χ4v) is 8.88. The van der Waals surface area contributed by atoms with Crippen LogP contribution in [0.5, 0.6) is 17.2 Å². The van der Waals surface area contributed by atoms with E-state index in [0.717, 1.165) is 72.3 Å². The van der Waals surface area contributed by atoms with Crippen molar-refractivity contribution in [3.63, 3.8) is 0 Å². The van der Waals surface area contributed by atoms with Crippen molar-refractivity contribution in [2.45, 2.75) is 69.5 Å². The molecule has 0 bridgehead atoms. The van der Waals surface area contributed by atoms with Crippen LogP contribution in [0.3, 0.4) is 0 Å². The Bertz CT molecular complexity index is 2210. The lowest BCUT2D eigenvalue weighted by atomic mass is 9.96. The van der Waals surface area contributed by atoms with E-state index in [9.17, 15) is 19.2 Å². The van der Waals surface area contributed by atoms with Gasteiger partial charge < -0.3 is 24.4 Å². The first-order chi connectivity index (χ1) is 27.7. The van der Waals surface area contributed by atoms with Crippen LogP contribution in [0.1, 0.15) is 66.0 Å². The van der Waals surface area contributed by atoms with Crippen molar-refractivity contribution >= 4 is 35.1 Å². The molecule has 3 fully saturated rings. The number of ether oxygens (including phenoxy) is 3. The zero-order chi connectivity index (χ0) is 39.5. The number of carbonyl (C=O) groups excluding carboxylic acids is 2. The van der Waals surface area contributed by atoms with Gasteiger partial charge in [-0.3, -0.25) is 20.0 Å². The number of hydrogen-bond acceptors (Lipinski definition) is 9. The second kappa shape index (κ2) is 16.9. The molecule has 4 aromatic rings. The van der Waals surface area contributed by atoms with Crippen molar-refractivity contribution in [2.24, 2.45) is 0 Å². The summed E-state index contributed by atoms with van der Waals surface area (Å²) in [6.07, 6.45) is 6.20. The van der Waals surface area contributed by atoms with Crippen molar-refractivity contribution in [2.75, 3.05) is 39.3 Å². The van der Waals surface area contributed by atoms with Crippen molar-refractivity contribution in [3.8, 4) is 34.4 Å². The summed E-state index contributed by atoms with van der Waals surface area (Å²) in [4.78, 5) is 33.1. The predicted molar refractivity (Wildman–Crippen MR) is 213 cm³/mol. The average Bonchev–Trinajstić information content (AvgIpc) is 3.90. The van der Waals surface area contributed by atoms with Crippen LogP contribution in [0.15, 0.2) is 67.0 Å². The summed E-state index contributed by atoms with van der Waals surface area (Å²) in [6.45, 7) is 4.45. The summed E-state index contributed by atoms with van der Waals surface area (Å²) in [6, 6.07) is 19.0. The van der Waals surface area contributed by atoms with E-state index in [1.54, 1.807) is 18.3 Å². The number of benzene rings is 3. The highest BCUT2D eigenvalue weighted by Crippen LogP contribution is 2.45. The van der Waals surface area contributed by atoms with Gasteiger partial charge in [0.05, 0.1) is 22.2 Å². The molecule has 4 aliphatic rings. The maximum Gasteiger partial charge on any atom is 0.322 e. The Morgan fingerprint density at radius 1 is 0.947 bits per heavy atom. The molecule has 3 aromatic carbocycles. The Balaban J connectivity index is 0.993. The first-order valence-electron chi connectivity index (χ1n) is 19.4. The number of piperidine rings is 1. The lowest BCUT2D eigenvalue weighted by Crippen LogP contribution is -2.48. The summed E-state index contributed by atoms with van der Waals surface area (Å²) in [7, 11) is 0. The molecule has 2 atom stereocenters. The third kappa shape index (κ3) is 8.53. The number of nitrogens with one attached hydrogen (secondary N) is 2. The number of halogens is 3. The van der Waals surface area contributed by atoms with E-state index in [4.69, 9.17) is 37.4 Å². The number of amides is 3. The van der Waals surface area contributed by atoms with Crippen molar-refractivity contribution in [1.82, 2.24) is 25.4 Å². The molecular weight excluding hydrogens is 770 g/mol. The Morgan fingerprint density at radius 2 is 1.77 bits per heavy atom. The predicted octanol–water partition coefficient (Wildman–Crippen LogP) is 7.56. The molecule has 8 rings (SSSR count). The summed E-state index contributed by atoms with van der Waals surface area (Å²) in [5, 5.41) is 15.5. The molecular formula is C43H43Cl2FN6O5. The lowest BCUT2D eigenvalue weighted by Gasteiger charge is -2.28. The van der Waals surface area contributed by atoms with Gasteiger partial charge >= 0.3 is 6.03 Å². The molecule has 3 amide bonds. The third-order valence-corrected chi connectivity index (χ3v) is 12.0. The van der Waals surface area contributed by atoms with Gasteiger partial charge in [0, 0.05) is 74.4 Å². The van der Waals surface area contributed by atoms with E-state index < -0.39 is 17.7 Å². The van der Waals surface area contributed by atoms with E-state index in [1.807, 2.05) is 30.3 Å². The van der Waals surface area contributed by atoms with Gasteiger partial charge in [0.25, 0.3) is 5.91 Å². The zero-order valence-corrected chi connectivity index (χ0v) is 32.9. The van der Waals surface area contributed by atoms with Gasteiger partial charge in [0.15, 0.2) is 0 Å². The third-order valence-electron chi connectivity index (χ3n) is 11.3. The fourth-order valence-electron chi connectivity index (χ4n) is 8.36. The number of likely N-dealkylation sites (tertiary alicyclic amines) is 2. The van der Waals surface area contributed by atoms with Gasteiger partial charge in [-0.25, -0.2) is 9.18 Å². The maximum absolute atomic E-state index is 13.5. The van der Waals surface area contributed by atoms with Gasteiger partial charge in [0.2, 0.25) is 0 Å². The SMILES string of the molecule is N#Cc1cncc(COc2cc(O[C@H]3CCc4c(-c5cccc(OCCCN6CCC(F)CC6)c5Cl)cccc43)c(Cl)cc2CN2CCC3(C2)NC(=O)NC3=O)c1. The topological polar surface area (TPSA) is 129 Å². The smallest absolute Gasteiger partial charge is 0.322 e. The minimum Gasteiger partial charge on any atom is -0.492 e. The normalized spacial score (nSPS) is 21.0. The van der Waals surface area contributed by atoms with E-state index in [-0.39, 0.29) is 18.6 Å². The Kier molecular flexibility index (Phi) is 11.5. The van der Waals surface area contributed by atoms with Crippen LogP contribution in [0.2, 0.25) is 10.0 Å². The largest absolute Gasteiger partial charge is 0.492 e. The first kappa shape index (κ1) is 38.9. The molecule has 2 N–H and O–H groups in total. The second-order valence-corrected chi connectivity index (χ2v) is 16.0. The van der Waals surface area contributed by atoms with E-state index in [2.05, 4.69) is 43.6 Å². The number of nitriles is 1. The van der Waals surface area contributed by atoms with Gasteiger partial charge in [-0.05, 0) is 73.4 Å². The monoisotopic (exact) mass is 812 g/mol. The molecule has 4 heterocycles. The highest BCUT2D eigenvalue weighted by atomic mass is 35.5. The molecule has 1 spiro atoms. The summed E-state index contributed by atoms with van der Waals surface area (Å²) < 4.78 is 32.8. The number of hydrogen-bond donors (Lipinski definition) is 2. The summed E-state index contributed by atoms with van der Waals surface area (Å²) in [5.74, 6) is 1.32. The number of rotatable bonds is 13. The number of carbonyl (C=O) groups is 2. The minimum atomic E-state index is -0.961. The Hall–Kier alpha value is -4.93. The highest BCUT2D eigenvalue weighted by Gasteiger charge is 2.50.